The summed E-state index contributed by atoms with van der Waals surface area (Å²) in [6.45, 7) is 1.97. The molecule has 2 rings (SSSR count). The normalized spacial score (nSPS) is 12.5. The van der Waals surface area contributed by atoms with Crippen molar-refractivity contribution >= 4 is 43.2 Å². The molecule has 0 aliphatic carbocycles. The van der Waals surface area contributed by atoms with Gasteiger partial charge in [-0.2, -0.15) is 0 Å². The van der Waals surface area contributed by atoms with Crippen LogP contribution in [0, 0.1) is 6.92 Å². The number of aliphatic hydroxyl groups excluding tert-OH is 1. The number of rotatable bonds is 3. The fraction of sp³-hybridized carbons (Fsp3) is 0.231. The molecule has 1 unspecified atom stereocenters. The first-order valence-electron chi connectivity index (χ1n) is 5.30. The zero-order valence-electron chi connectivity index (χ0n) is 9.91. The average molecular weight is 392 g/mol. The van der Waals surface area contributed by atoms with Crippen LogP contribution in [0.1, 0.15) is 22.8 Å². The van der Waals surface area contributed by atoms with Gasteiger partial charge in [0, 0.05) is 5.56 Å². The van der Waals surface area contributed by atoms with Crippen LogP contribution in [0.25, 0.3) is 0 Å². The summed E-state index contributed by atoms with van der Waals surface area (Å²) in [6, 6.07) is 7.64. The number of ether oxygens (including phenoxy) is 1. The summed E-state index contributed by atoms with van der Waals surface area (Å²) in [6.07, 6.45) is -0.633. The molecule has 1 atom stereocenters. The quantitative estimate of drug-likeness (QED) is 0.823. The molecule has 18 heavy (non-hydrogen) atoms. The van der Waals surface area contributed by atoms with Crippen molar-refractivity contribution in [3.63, 3.8) is 0 Å². The molecular formula is C13H12Br2O2S. The van der Waals surface area contributed by atoms with Gasteiger partial charge in [-0.1, -0.05) is 6.07 Å². The van der Waals surface area contributed by atoms with Crippen molar-refractivity contribution in [2.24, 2.45) is 0 Å². The number of halogens is 2. The molecule has 1 aromatic carbocycles. The van der Waals surface area contributed by atoms with E-state index < -0.39 is 6.10 Å². The third-order valence-electron chi connectivity index (χ3n) is 2.71. The highest BCUT2D eigenvalue weighted by Gasteiger charge is 2.17. The Balaban J connectivity index is 2.37. The first-order valence-corrected chi connectivity index (χ1v) is 7.70. The van der Waals surface area contributed by atoms with Crippen molar-refractivity contribution in [3.05, 3.63) is 48.5 Å². The molecule has 0 radical (unpaired) electrons. The molecule has 0 spiro atoms. The second kappa shape index (κ2) is 5.74. The van der Waals surface area contributed by atoms with E-state index in [9.17, 15) is 5.11 Å². The Morgan fingerprint density at radius 1 is 1.28 bits per heavy atom. The molecule has 1 aromatic heterocycles. The Morgan fingerprint density at radius 2 is 2.00 bits per heavy atom. The van der Waals surface area contributed by atoms with Crippen molar-refractivity contribution < 1.29 is 9.84 Å². The lowest BCUT2D eigenvalue weighted by Crippen LogP contribution is -2.00. The summed E-state index contributed by atoms with van der Waals surface area (Å²) in [5.41, 5.74) is 2.75. The second-order valence-electron chi connectivity index (χ2n) is 3.91. The smallest absolute Gasteiger partial charge is 0.121 e. The van der Waals surface area contributed by atoms with Gasteiger partial charge in [0.05, 0.1) is 14.7 Å². The van der Waals surface area contributed by atoms with Crippen LogP contribution in [0.5, 0.6) is 5.75 Å². The van der Waals surface area contributed by atoms with Crippen molar-refractivity contribution in [3.8, 4) is 5.75 Å². The number of benzene rings is 1. The van der Waals surface area contributed by atoms with Crippen molar-refractivity contribution in [1.82, 2.24) is 0 Å². The summed E-state index contributed by atoms with van der Waals surface area (Å²) >= 11 is 8.44. The van der Waals surface area contributed by atoms with Crippen molar-refractivity contribution in [1.29, 1.82) is 0 Å². The van der Waals surface area contributed by atoms with Gasteiger partial charge >= 0.3 is 0 Å². The van der Waals surface area contributed by atoms with E-state index in [-0.39, 0.29) is 0 Å². The van der Waals surface area contributed by atoms with E-state index >= 15 is 0 Å². The maximum Gasteiger partial charge on any atom is 0.121 e. The molecule has 0 bridgehead atoms. The first-order chi connectivity index (χ1) is 8.52. The summed E-state index contributed by atoms with van der Waals surface area (Å²) in [5.74, 6) is 0.830. The topological polar surface area (TPSA) is 29.5 Å². The molecular weight excluding hydrogens is 380 g/mol. The van der Waals surface area contributed by atoms with E-state index in [2.05, 4.69) is 31.9 Å². The predicted molar refractivity (Wildman–Crippen MR) is 81.5 cm³/mol. The third kappa shape index (κ3) is 2.79. The Morgan fingerprint density at radius 3 is 2.50 bits per heavy atom. The van der Waals surface area contributed by atoms with Gasteiger partial charge in [-0.05, 0) is 68.1 Å². The second-order valence-corrected chi connectivity index (χ2v) is 7.66. The summed E-state index contributed by atoms with van der Waals surface area (Å²) in [7, 11) is 1.64. The number of thiophene rings is 1. The molecule has 0 saturated heterocycles. The molecule has 96 valence electrons. The number of aryl methyl sites for hydroxylation is 1. The van der Waals surface area contributed by atoms with E-state index in [1.165, 1.54) is 0 Å². The summed E-state index contributed by atoms with van der Waals surface area (Å²) in [4.78, 5) is 0. The maximum atomic E-state index is 10.4. The lowest BCUT2D eigenvalue weighted by atomic mass is 10.0. The number of methoxy groups -OCH3 is 1. The van der Waals surface area contributed by atoms with E-state index in [4.69, 9.17) is 4.74 Å². The lowest BCUT2D eigenvalue weighted by molar-refractivity contribution is 0.220. The van der Waals surface area contributed by atoms with Crippen molar-refractivity contribution in [2.75, 3.05) is 7.11 Å². The van der Waals surface area contributed by atoms with Gasteiger partial charge < -0.3 is 9.84 Å². The zero-order chi connectivity index (χ0) is 13.3. The van der Waals surface area contributed by atoms with E-state index in [1.54, 1.807) is 18.4 Å². The largest absolute Gasteiger partial charge is 0.496 e. The van der Waals surface area contributed by atoms with Crippen LogP contribution >= 0.6 is 43.2 Å². The molecule has 2 nitrogen and oxygen atoms in total. The lowest BCUT2D eigenvalue weighted by Gasteiger charge is -2.13. The van der Waals surface area contributed by atoms with Gasteiger partial charge in [0.2, 0.25) is 0 Å². The minimum Gasteiger partial charge on any atom is -0.496 e. The van der Waals surface area contributed by atoms with Crippen LogP contribution in [-0.4, -0.2) is 12.2 Å². The predicted octanol–water partition coefficient (Wildman–Crippen LogP) is 4.67. The highest BCUT2D eigenvalue weighted by atomic mass is 79.9. The van der Waals surface area contributed by atoms with Crippen LogP contribution in [0.2, 0.25) is 0 Å². The Bertz CT molecular complexity index is 566. The zero-order valence-corrected chi connectivity index (χ0v) is 13.9. The highest BCUT2D eigenvalue weighted by molar-refractivity contribution is 9.12. The Labute approximate surface area is 127 Å². The van der Waals surface area contributed by atoms with Gasteiger partial charge in [0.1, 0.15) is 11.9 Å². The van der Waals surface area contributed by atoms with Gasteiger partial charge in [0.15, 0.2) is 0 Å². The summed E-state index contributed by atoms with van der Waals surface area (Å²) in [5, 5.41) is 10.4. The SMILES string of the molecule is COc1ccc(C(O)c2cc(Br)sc2Br)cc1C. The van der Waals surface area contributed by atoms with Crippen molar-refractivity contribution in [2.45, 2.75) is 13.0 Å². The molecule has 0 amide bonds. The molecule has 1 N–H and O–H groups in total. The fourth-order valence-corrected chi connectivity index (χ4v) is 4.67. The van der Waals surface area contributed by atoms with Crippen LogP contribution < -0.4 is 4.74 Å². The minimum absolute atomic E-state index is 0.633. The van der Waals surface area contributed by atoms with Gasteiger partial charge in [-0.25, -0.2) is 0 Å². The summed E-state index contributed by atoms with van der Waals surface area (Å²) < 4.78 is 7.15. The number of hydrogen-bond acceptors (Lipinski definition) is 3. The van der Waals surface area contributed by atoms with E-state index in [0.717, 1.165) is 30.0 Å². The Kier molecular flexibility index (Phi) is 4.48. The monoisotopic (exact) mass is 390 g/mol. The molecule has 0 aliphatic rings. The Hall–Kier alpha value is -0.360. The fourth-order valence-electron chi connectivity index (χ4n) is 1.79. The number of hydrogen-bond donors (Lipinski definition) is 1. The first kappa shape index (κ1) is 14.1. The molecule has 5 heteroatoms. The average Bonchev–Trinajstić information content (AvgIpc) is 2.67. The van der Waals surface area contributed by atoms with Gasteiger partial charge in [-0.15, -0.1) is 11.3 Å². The van der Waals surface area contributed by atoms with Crippen LogP contribution in [0.15, 0.2) is 31.8 Å². The van der Waals surface area contributed by atoms with Crippen LogP contribution in [-0.2, 0) is 0 Å². The highest BCUT2D eigenvalue weighted by Crippen LogP contribution is 2.38. The van der Waals surface area contributed by atoms with Crippen LogP contribution in [0.3, 0.4) is 0 Å². The number of aliphatic hydroxyl groups is 1. The molecule has 0 saturated carbocycles. The van der Waals surface area contributed by atoms with Gasteiger partial charge in [0.25, 0.3) is 0 Å². The van der Waals surface area contributed by atoms with Gasteiger partial charge in [-0.3, -0.25) is 0 Å². The standard InChI is InChI=1S/C13H12Br2O2S/c1-7-5-8(3-4-10(7)17-2)12(16)9-6-11(14)18-13(9)15/h3-6,12,16H,1-2H3. The minimum atomic E-state index is -0.633. The molecule has 0 fully saturated rings. The molecule has 1 heterocycles. The van der Waals surface area contributed by atoms with E-state index in [0.29, 0.717) is 0 Å². The molecule has 0 aliphatic heterocycles. The maximum absolute atomic E-state index is 10.4. The van der Waals surface area contributed by atoms with Crippen LogP contribution in [0.4, 0.5) is 0 Å². The van der Waals surface area contributed by atoms with E-state index in [1.807, 2.05) is 31.2 Å². The third-order valence-corrected chi connectivity index (χ3v) is 5.10. The molecule has 2 aromatic rings.